The van der Waals surface area contributed by atoms with E-state index < -0.39 is 0 Å². The Balaban J connectivity index is 1.49. The Hall–Kier alpha value is -2.92. The Morgan fingerprint density at radius 2 is 1.85 bits per heavy atom. The summed E-state index contributed by atoms with van der Waals surface area (Å²) in [5.74, 6) is 0.704. The molecule has 5 nitrogen and oxygen atoms in total. The van der Waals surface area contributed by atoms with Gasteiger partial charge in [0.25, 0.3) is 0 Å². The summed E-state index contributed by atoms with van der Waals surface area (Å²) in [6.45, 7) is 0.292. The van der Waals surface area contributed by atoms with Crippen molar-refractivity contribution in [2.45, 2.75) is 25.4 Å². The van der Waals surface area contributed by atoms with Crippen LogP contribution in [-0.2, 0) is 11.3 Å². The number of nitrogens with zero attached hydrogens (tertiary/aromatic N) is 3. The molecule has 0 bridgehead atoms. The fraction of sp³-hybridized carbons (Fsp3) is 0.190. The predicted molar refractivity (Wildman–Crippen MR) is 104 cm³/mol. The lowest BCUT2D eigenvalue weighted by Crippen LogP contribution is -2.31. The summed E-state index contributed by atoms with van der Waals surface area (Å²) < 4.78 is 5.75. The van der Waals surface area contributed by atoms with E-state index in [1.165, 1.54) is 0 Å². The van der Waals surface area contributed by atoms with Gasteiger partial charge >= 0.3 is 0 Å². The molecule has 1 amide bonds. The van der Waals surface area contributed by atoms with Gasteiger partial charge in [0.1, 0.15) is 0 Å². The van der Waals surface area contributed by atoms with Gasteiger partial charge in [-0.2, -0.15) is 0 Å². The Morgan fingerprint density at radius 3 is 2.59 bits per heavy atom. The molecule has 2 aromatic carbocycles. The topological polar surface area (TPSA) is 59.2 Å². The van der Waals surface area contributed by atoms with Crippen LogP contribution in [0.4, 0.5) is 0 Å². The van der Waals surface area contributed by atoms with Crippen LogP contribution < -0.4 is 0 Å². The van der Waals surface area contributed by atoms with Crippen molar-refractivity contribution in [1.82, 2.24) is 15.1 Å². The van der Waals surface area contributed by atoms with Gasteiger partial charge in [-0.05, 0) is 36.6 Å². The van der Waals surface area contributed by atoms with Crippen LogP contribution in [0.5, 0.6) is 0 Å². The van der Waals surface area contributed by atoms with Gasteiger partial charge < -0.3 is 9.32 Å². The molecule has 0 radical (unpaired) electrons. The van der Waals surface area contributed by atoms with Crippen molar-refractivity contribution in [3.8, 4) is 11.5 Å². The number of benzene rings is 2. The summed E-state index contributed by atoms with van der Waals surface area (Å²) in [6, 6.07) is 17.3. The summed E-state index contributed by atoms with van der Waals surface area (Å²) in [5.41, 5.74) is 1.67. The SMILES string of the molecule is O=C(/C=C/c1ccccc1)N(Cc1nnc(-c2ccccc2Cl)o1)C1CC1. The van der Waals surface area contributed by atoms with E-state index >= 15 is 0 Å². The third kappa shape index (κ3) is 4.26. The maximum absolute atomic E-state index is 12.7. The Kier molecular flexibility index (Phi) is 5.03. The summed E-state index contributed by atoms with van der Waals surface area (Å²) in [6.07, 6.45) is 5.41. The van der Waals surface area contributed by atoms with E-state index in [4.69, 9.17) is 16.0 Å². The van der Waals surface area contributed by atoms with Crippen molar-refractivity contribution in [1.29, 1.82) is 0 Å². The highest BCUT2D eigenvalue weighted by Gasteiger charge is 2.32. The molecule has 0 N–H and O–H groups in total. The number of rotatable bonds is 6. The smallest absolute Gasteiger partial charge is 0.249 e. The lowest BCUT2D eigenvalue weighted by molar-refractivity contribution is -0.127. The lowest BCUT2D eigenvalue weighted by atomic mass is 10.2. The van der Waals surface area contributed by atoms with Crippen LogP contribution in [0, 0.1) is 0 Å². The van der Waals surface area contributed by atoms with E-state index in [1.54, 1.807) is 17.0 Å². The molecule has 136 valence electrons. The molecule has 27 heavy (non-hydrogen) atoms. The van der Waals surface area contributed by atoms with Gasteiger partial charge in [0.15, 0.2) is 0 Å². The van der Waals surface area contributed by atoms with Gasteiger partial charge in [0, 0.05) is 12.1 Å². The molecule has 0 saturated heterocycles. The third-order valence-corrected chi connectivity index (χ3v) is 4.69. The zero-order chi connectivity index (χ0) is 18.6. The number of hydrogen-bond acceptors (Lipinski definition) is 4. The summed E-state index contributed by atoms with van der Waals surface area (Å²) in [7, 11) is 0. The van der Waals surface area contributed by atoms with Crippen molar-refractivity contribution in [3.05, 3.63) is 77.2 Å². The zero-order valence-electron chi connectivity index (χ0n) is 14.6. The van der Waals surface area contributed by atoms with Crippen molar-refractivity contribution in [2.24, 2.45) is 0 Å². The van der Waals surface area contributed by atoms with E-state index in [1.807, 2.05) is 54.6 Å². The van der Waals surface area contributed by atoms with Crippen LogP contribution in [-0.4, -0.2) is 27.0 Å². The van der Waals surface area contributed by atoms with E-state index in [-0.39, 0.29) is 11.9 Å². The minimum absolute atomic E-state index is 0.0566. The van der Waals surface area contributed by atoms with E-state index in [0.29, 0.717) is 28.9 Å². The Labute approximate surface area is 162 Å². The van der Waals surface area contributed by atoms with Gasteiger partial charge in [0.2, 0.25) is 17.7 Å². The quantitative estimate of drug-likeness (QED) is 0.587. The number of amides is 1. The maximum Gasteiger partial charge on any atom is 0.249 e. The second-order valence-corrected chi connectivity index (χ2v) is 6.83. The standard InChI is InChI=1S/C21H18ClN3O2/c22-18-9-5-4-8-17(18)21-24-23-19(27-21)14-25(16-11-12-16)20(26)13-10-15-6-2-1-3-7-15/h1-10,13,16H,11-12,14H2/b13-10+. The van der Waals surface area contributed by atoms with Crippen LogP contribution in [0.1, 0.15) is 24.3 Å². The minimum Gasteiger partial charge on any atom is -0.419 e. The van der Waals surface area contributed by atoms with E-state index in [2.05, 4.69) is 10.2 Å². The average Bonchev–Trinajstić information content (AvgIpc) is 3.43. The molecular weight excluding hydrogens is 362 g/mol. The first-order chi connectivity index (χ1) is 13.2. The first-order valence-corrected chi connectivity index (χ1v) is 9.19. The summed E-state index contributed by atoms with van der Waals surface area (Å²) in [4.78, 5) is 14.4. The first kappa shape index (κ1) is 17.5. The molecule has 1 saturated carbocycles. The molecule has 0 atom stereocenters. The highest BCUT2D eigenvalue weighted by Crippen LogP contribution is 2.30. The molecule has 1 aliphatic carbocycles. The van der Waals surface area contributed by atoms with Crippen molar-refractivity contribution in [3.63, 3.8) is 0 Å². The van der Waals surface area contributed by atoms with Gasteiger partial charge in [-0.25, -0.2) is 0 Å². The zero-order valence-corrected chi connectivity index (χ0v) is 15.3. The maximum atomic E-state index is 12.7. The fourth-order valence-corrected chi connectivity index (χ4v) is 3.02. The van der Waals surface area contributed by atoms with Crippen molar-refractivity contribution < 1.29 is 9.21 Å². The second-order valence-electron chi connectivity index (χ2n) is 6.42. The molecule has 6 heteroatoms. The monoisotopic (exact) mass is 379 g/mol. The largest absolute Gasteiger partial charge is 0.419 e. The number of hydrogen-bond donors (Lipinski definition) is 0. The van der Waals surface area contributed by atoms with Gasteiger partial charge in [-0.15, -0.1) is 10.2 Å². The molecule has 1 fully saturated rings. The lowest BCUT2D eigenvalue weighted by Gasteiger charge is -2.18. The van der Waals surface area contributed by atoms with Gasteiger partial charge in [-0.1, -0.05) is 54.1 Å². The highest BCUT2D eigenvalue weighted by atomic mass is 35.5. The van der Waals surface area contributed by atoms with E-state index in [0.717, 1.165) is 18.4 Å². The van der Waals surface area contributed by atoms with Crippen LogP contribution in [0.3, 0.4) is 0 Å². The molecule has 0 spiro atoms. The molecule has 1 aromatic heterocycles. The molecule has 0 unspecified atom stereocenters. The molecular formula is C21H18ClN3O2. The summed E-state index contributed by atoms with van der Waals surface area (Å²) in [5, 5.41) is 8.72. The average molecular weight is 380 g/mol. The van der Waals surface area contributed by atoms with Gasteiger partial charge in [0.05, 0.1) is 17.1 Å². The van der Waals surface area contributed by atoms with E-state index in [9.17, 15) is 4.79 Å². The normalized spacial score (nSPS) is 13.8. The number of carbonyl (C=O) groups excluding carboxylic acids is 1. The minimum atomic E-state index is -0.0566. The second kappa shape index (κ2) is 7.76. The number of halogens is 1. The first-order valence-electron chi connectivity index (χ1n) is 8.82. The molecule has 1 heterocycles. The molecule has 3 aromatic rings. The van der Waals surface area contributed by atoms with Crippen LogP contribution in [0.15, 0.2) is 65.1 Å². The molecule has 4 rings (SSSR count). The van der Waals surface area contributed by atoms with Crippen LogP contribution in [0.25, 0.3) is 17.5 Å². The highest BCUT2D eigenvalue weighted by molar-refractivity contribution is 6.33. The van der Waals surface area contributed by atoms with Crippen LogP contribution in [0.2, 0.25) is 5.02 Å². The number of carbonyl (C=O) groups is 1. The third-order valence-electron chi connectivity index (χ3n) is 4.37. The van der Waals surface area contributed by atoms with Crippen molar-refractivity contribution in [2.75, 3.05) is 0 Å². The fourth-order valence-electron chi connectivity index (χ4n) is 2.81. The summed E-state index contributed by atoms with van der Waals surface area (Å²) >= 11 is 6.18. The van der Waals surface area contributed by atoms with Crippen molar-refractivity contribution >= 4 is 23.6 Å². The molecule has 1 aliphatic rings. The predicted octanol–water partition coefficient (Wildman–Crippen LogP) is 4.59. The molecule has 0 aliphatic heterocycles. The Bertz CT molecular complexity index is 964. The van der Waals surface area contributed by atoms with Crippen LogP contribution >= 0.6 is 11.6 Å². The Morgan fingerprint density at radius 1 is 1.11 bits per heavy atom. The van der Waals surface area contributed by atoms with Gasteiger partial charge in [-0.3, -0.25) is 4.79 Å². The number of aromatic nitrogens is 2.